The molecule has 0 saturated carbocycles. The Bertz CT molecular complexity index is 699. The SMILES string of the molecule is O=C(Nc1ccnn1Cc1ccccc1)[C@@H]1CNC[C@H]1C(F)(F)F. The van der Waals surface area contributed by atoms with Gasteiger partial charge in [0.2, 0.25) is 5.91 Å². The Balaban J connectivity index is 1.70. The fourth-order valence-corrected chi connectivity index (χ4v) is 2.84. The molecule has 2 heterocycles. The zero-order valence-electron chi connectivity index (χ0n) is 12.8. The van der Waals surface area contributed by atoms with E-state index >= 15 is 0 Å². The van der Waals surface area contributed by atoms with Crippen LogP contribution in [0.5, 0.6) is 0 Å². The quantitative estimate of drug-likeness (QED) is 0.899. The molecule has 24 heavy (non-hydrogen) atoms. The summed E-state index contributed by atoms with van der Waals surface area (Å²) in [5.74, 6) is -3.05. The van der Waals surface area contributed by atoms with Gasteiger partial charge in [0.05, 0.1) is 24.6 Å². The van der Waals surface area contributed by atoms with Crippen LogP contribution in [-0.4, -0.2) is 35.0 Å². The van der Waals surface area contributed by atoms with Crippen molar-refractivity contribution in [3.8, 4) is 0 Å². The Morgan fingerprint density at radius 3 is 2.71 bits per heavy atom. The highest BCUT2D eigenvalue weighted by molar-refractivity contribution is 5.92. The number of halogens is 3. The number of carbonyl (C=O) groups excluding carboxylic acids is 1. The number of anilines is 1. The molecule has 1 saturated heterocycles. The van der Waals surface area contributed by atoms with Crippen LogP contribution in [0.3, 0.4) is 0 Å². The molecule has 2 atom stereocenters. The number of nitrogens with one attached hydrogen (secondary N) is 2. The Hall–Kier alpha value is -2.35. The lowest BCUT2D eigenvalue weighted by molar-refractivity contribution is -0.181. The van der Waals surface area contributed by atoms with Crippen molar-refractivity contribution in [2.24, 2.45) is 11.8 Å². The number of aromatic nitrogens is 2. The minimum absolute atomic E-state index is 0.0167. The summed E-state index contributed by atoms with van der Waals surface area (Å²) in [5.41, 5.74) is 0.979. The summed E-state index contributed by atoms with van der Waals surface area (Å²) >= 11 is 0. The molecule has 0 aliphatic carbocycles. The monoisotopic (exact) mass is 338 g/mol. The van der Waals surface area contributed by atoms with Crippen LogP contribution in [0.1, 0.15) is 5.56 Å². The summed E-state index contributed by atoms with van der Waals surface area (Å²) in [6.45, 7) is 0.211. The molecular formula is C16H17F3N4O. The van der Waals surface area contributed by atoms with Gasteiger partial charge >= 0.3 is 6.18 Å². The first-order valence-corrected chi connectivity index (χ1v) is 7.59. The van der Waals surface area contributed by atoms with Crippen LogP contribution in [0.4, 0.5) is 19.0 Å². The third-order valence-corrected chi connectivity index (χ3v) is 4.11. The maximum Gasteiger partial charge on any atom is 0.393 e. The van der Waals surface area contributed by atoms with Gasteiger partial charge in [-0.05, 0) is 5.56 Å². The molecule has 2 aromatic rings. The van der Waals surface area contributed by atoms with Gasteiger partial charge in [-0.2, -0.15) is 18.3 Å². The molecule has 1 fully saturated rings. The van der Waals surface area contributed by atoms with Gasteiger partial charge in [-0.15, -0.1) is 0 Å². The van der Waals surface area contributed by atoms with Crippen LogP contribution >= 0.6 is 0 Å². The minimum Gasteiger partial charge on any atom is -0.315 e. The van der Waals surface area contributed by atoms with Gasteiger partial charge in [0, 0.05) is 19.2 Å². The third kappa shape index (κ3) is 3.59. The van der Waals surface area contributed by atoms with Gasteiger partial charge < -0.3 is 10.6 Å². The van der Waals surface area contributed by atoms with Crippen molar-refractivity contribution in [2.75, 3.05) is 18.4 Å². The van der Waals surface area contributed by atoms with Crippen LogP contribution in [0.2, 0.25) is 0 Å². The number of amides is 1. The van der Waals surface area contributed by atoms with Crippen LogP contribution in [0.15, 0.2) is 42.6 Å². The average molecular weight is 338 g/mol. The first-order chi connectivity index (χ1) is 11.4. The van der Waals surface area contributed by atoms with Crippen molar-refractivity contribution >= 4 is 11.7 Å². The van der Waals surface area contributed by atoms with Crippen molar-refractivity contribution in [2.45, 2.75) is 12.7 Å². The Kier molecular flexibility index (Phi) is 4.57. The van der Waals surface area contributed by atoms with E-state index in [0.29, 0.717) is 12.4 Å². The molecule has 0 bridgehead atoms. The standard InChI is InChI=1S/C16H17F3N4O/c17-16(18,19)13-9-20-8-12(13)15(24)22-14-6-7-21-23(14)10-11-4-2-1-3-5-11/h1-7,12-13,20H,8-10H2,(H,22,24)/t12-,13-/m1/s1. The lowest BCUT2D eigenvalue weighted by Crippen LogP contribution is -2.37. The molecule has 2 N–H and O–H groups in total. The van der Waals surface area contributed by atoms with Crippen molar-refractivity contribution < 1.29 is 18.0 Å². The summed E-state index contributed by atoms with van der Waals surface area (Å²) in [6, 6.07) is 11.1. The van der Waals surface area contributed by atoms with Crippen molar-refractivity contribution in [1.29, 1.82) is 0 Å². The topological polar surface area (TPSA) is 59.0 Å². The van der Waals surface area contributed by atoms with Crippen molar-refractivity contribution in [3.05, 3.63) is 48.2 Å². The number of nitrogens with zero attached hydrogens (tertiary/aromatic N) is 2. The molecule has 1 aromatic carbocycles. The predicted octanol–water partition coefficient (Wildman–Crippen LogP) is 2.27. The van der Waals surface area contributed by atoms with Crippen LogP contribution < -0.4 is 10.6 Å². The van der Waals surface area contributed by atoms with Crippen LogP contribution in [0.25, 0.3) is 0 Å². The molecule has 1 amide bonds. The second-order valence-corrected chi connectivity index (χ2v) is 5.76. The predicted molar refractivity (Wildman–Crippen MR) is 82.3 cm³/mol. The fraction of sp³-hybridized carbons (Fsp3) is 0.375. The zero-order valence-corrected chi connectivity index (χ0v) is 12.8. The number of hydrogen-bond acceptors (Lipinski definition) is 3. The summed E-state index contributed by atoms with van der Waals surface area (Å²) in [4.78, 5) is 12.3. The maximum absolute atomic E-state index is 13.0. The van der Waals surface area contributed by atoms with Gasteiger partial charge in [0.15, 0.2) is 0 Å². The smallest absolute Gasteiger partial charge is 0.315 e. The molecule has 128 valence electrons. The number of hydrogen-bond donors (Lipinski definition) is 2. The Morgan fingerprint density at radius 2 is 2.00 bits per heavy atom. The highest BCUT2D eigenvalue weighted by atomic mass is 19.4. The van der Waals surface area contributed by atoms with Gasteiger partial charge in [-0.1, -0.05) is 30.3 Å². The van der Waals surface area contributed by atoms with E-state index in [4.69, 9.17) is 0 Å². The molecule has 5 nitrogen and oxygen atoms in total. The largest absolute Gasteiger partial charge is 0.393 e. The van der Waals surface area contributed by atoms with E-state index in [0.717, 1.165) is 5.56 Å². The summed E-state index contributed by atoms with van der Waals surface area (Å²) in [5, 5.41) is 9.34. The molecule has 0 radical (unpaired) electrons. The molecule has 1 aliphatic heterocycles. The van der Waals surface area contributed by atoms with E-state index in [9.17, 15) is 18.0 Å². The lowest BCUT2D eigenvalue weighted by atomic mass is 9.94. The number of carbonyl (C=O) groups is 1. The van der Waals surface area contributed by atoms with Crippen molar-refractivity contribution in [3.63, 3.8) is 0 Å². The number of benzene rings is 1. The fourth-order valence-electron chi connectivity index (χ4n) is 2.84. The van der Waals surface area contributed by atoms with Gasteiger partial charge in [-0.25, -0.2) is 4.68 Å². The maximum atomic E-state index is 13.0. The molecular weight excluding hydrogens is 321 g/mol. The summed E-state index contributed by atoms with van der Waals surface area (Å²) in [6.07, 6.45) is -2.89. The van der Waals surface area contributed by atoms with Gasteiger partial charge in [0.25, 0.3) is 0 Å². The lowest BCUT2D eigenvalue weighted by Gasteiger charge is -2.20. The van der Waals surface area contributed by atoms with E-state index in [2.05, 4.69) is 15.7 Å². The molecule has 0 spiro atoms. The Morgan fingerprint density at radius 1 is 1.25 bits per heavy atom. The zero-order chi connectivity index (χ0) is 17.2. The van der Waals surface area contributed by atoms with E-state index in [1.807, 2.05) is 30.3 Å². The van der Waals surface area contributed by atoms with Gasteiger partial charge in [0.1, 0.15) is 5.82 Å². The first-order valence-electron chi connectivity index (χ1n) is 7.59. The second kappa shape index (κ2) is 6.64. The third-order valence-electron chi connectivity index (χ3n) is 4.11. The molecule has 1 aromatic heterocycles. The normalized spacial score (nSPS) is 21.0. The van der Waals surface area contributed by atoms with Gasteiger partial charge in [-0.3, -0.25) is 4.79 Å². The minimum atomic E-state index is -4.39. The van der Waals surface area contributed by atoms with E-state index in [1.54, 1.807) is 10.7 Å². The highest BCUT2D eigenvalue weighted by Gasteiger charge is 2.49. The second-order valence-electron chi connectivity index (χ2n) is 5.76. The molecule has 1 aliphatic rings. The van der Waals surface area contributed by atoms with E-state index < -0.39 is 23.9 Å². The Labute approximate surface area is 136 Å². The molecule has 0 unspecified atom stereocenters. The highest BCUT2D eigenvalue weighted by Crippen LogP contribution is 2.34. The number of alkyl halides is 3. The number of rotatable bonds is 4. The van der Waals surface area contributed by atoms with Crippen LogP contribution in [-0.2, 0) is 11.3 Å². The molecule has 8 heteroatoms. The summed E-state index contributed by atoms with van der Waals surface area (Å²) in [7, 11) is 0. The van der Waals surface area contributed by atoms with Crippen molar-refractivity contribution in [1.82, 2.24) is 15.1 Å². The van der Waals surface area contributed by atoms with Crippen LogP contribution in [0, 0.1) is 11.8 Å². The summed E-state index contributed by atoms with van der Waals surface area (Å²) < 4.78 is 40.5. The van der Waals surface area contributed by atoms with E-state index in [1.165, 1.54) is 6.20 Å². The molecule has 3 rings (SSSR count). The van der Waals surface area contributed by atoms with E-state index in [-0.39, 0.29) is 13.1 Å². The first kappa shape index (κ1) is 16.5. The average Bonchev–Trinajstić information content (AvgIpc) is 3.17.